The van der Waals surface area contributed by atoms with E-state index in [9.17, 15) is 0 Å². The minimum Gasteiger partial charge on any atom is -0.469 e. The van der Waals surface area contributed by atoms with Gasteiger partial charge in [-0.25, -0.2) is 0 Å². The van der Waals surface area contributed by atoms with E-state index in [4.69, 9.17) is 4.42 Å². The maximum absolute atomic E-state index is 5.41. The Hall–Kier alpha value is -1.06. The Labute approximate surface area is 117 Å². The molecule has 0 aliphatic rings. The summed E-state index contributed by atoms with van der Waals surface area (Å²) in [5, 5.41) is 3.37. The van der Waals surface area contributed by atoms with E-state index in [1.807, 2.05) is 20.0 Å². The average Bonchev–Trinajstić information content (AvgIpc) is 2.73. The molecule has 0 radical (unpaired) electrons. The molecule has 0 saturated carbocycles. The van der Waals surface area contributed by atoms with Crippen molar-refractivity contribution in [3.05, 3.63) is 56.9 Å². The highest BCUT2D eigenvalue weighted by Crippen LogP contribution is 2.30. The third-order valence-corrected chi connectivity index (χ3v) is 4.21. The second kappa shape index (κ2) is 5.29. The van der Waals surface area contributed by atoms with Crippen LogP contribution in [0.15, 0.2) is 33.4 Å². The van der Waals surface area contributed by atoms with Crippen molar-refractivity contribution in [2.24, 2.45) is 0 Å². The molecule has 2 nitrogen and oxygen atoms in total. The van der Waals surface area contributed by atoms with Gasteiger partial charge in [0.05, 0.1) is 12.3 Å². The van der Waals surface area contributed by atoms with Gasteiger partial charge >= 0.3 is 0 Å². The van der Waals surface area contributed by atoms with Crippen LogP contribution < -0.4 is 5.32 Å². The highest BCUT2D eigenvalue weighted by Gasteiger charge is 2.18. The van der Waals surface area contributed by atoms with Gasteiger partial charge in [-0.3, -0.25) is 0 Å². The smallest absolute Gasteiger partial charge is 0.105 e. The van der Waals surface area contributed by atoms with Crippen LogP contribution in [0.5, 0.6) is 0 Å². The second-order valence-electron chi connectivity index (χ2n) is 4.61. The minimum atomic E-state index is 0.176. The molecule has 2 aromatic rings. The number of hydrogen-bond acceptors (Lipinski definition) is 2. The summed E-state index contributed by atoms with van der Waals surface area (Å²) >= 11 is 3.58. The fourth-order valence-corrected chi connectivity index (χ4v) is 2.74. The number of nitrogens with one attached hydrogen (secondary N) is 1. The monoisotopic (exact) mass is 307 g/mol. The predicted molar refractivity (Wildman–Crippen MR) is 78.0 cm³/mol. The van der Waals surface area contributed by atoms with Gasteiger partial charge in [0.2, 0.25) is 0 Å². The van der Waals surface area contributed by atoms with Crippen LogP contribution in [0.1, 0.15) is 34.1 Å². The summed E-state index contributed by atoms with van der Waals surface area (Å²) < 4.78 is 6.57. The molecular formula is C15H18BrNO. The molecule has 0 fully saturated rings. The average molecular weight is 308 g/mol. The molecule has 18 heavy (non-hydrogen) atoms. The molecular weight excluding hydrogens is 290 g/mol. The van der Waals surface area contributed by atoms with Crippen molar-refractivity contribution in [1.82, 2.24) is 5.32 Å². The van der Waals surface area contributed by atoms with Crippen LogP contribution in [0.25, 0.3) is 0 Å². The molecule has 0 aliphatic carbocycles. The third-order valence-electron chi connectivity index (χ3n) is 3.36. The first-order chi connectivity index (χ1) is 8.54. The number of benzene rings is 1. The third kappa shape index (κ3) is 2.38. The van der Waals surface area contributed by atoms with Crippen LogP contribution in [0.4, 0.5) is 0 Å². The van der Waals surface area contributed by atoms with Crippen LogP contribution in [-0.4, -0.2) is 7.05 Å². The summed E-state index contributed by atoms with van der Waals surface area (Å²) in [6.45, 7) is 6.25. The van der Waals surface area contributed by atoms with E-state index < -0.39 is 0 Å². The summed E-state index contributed by atoms with van der Waals surface area (Å²) in [5.41, 5.74) is 5.01. The van der Waals surface area contributed by atoms with Crippen LogP contribution in [0, 0.1) is 20.8 Å². The molecule has 1 aromatic heterocycles. The van der Waals surface area contributed by atoms with E-state index in [1.54, 1.807) is 6.26 Å². The number of rotatable bonds is 3. The van der Waals surface area contributed by atoms with Gasteiger partial charge in [0.25, 0.3) is 0 Å². The van der Waals surface area contributed by atoms with Crippen LogP contribution in [0.3, 0.4) is 0 Å². The summed E-state index contributed by atoms with van der Waals surface area (Å²) in [5.74, 6) is 0.967. The van der Waals surface area contributed by atoms with Gasteiger partial charge in [0.1, 0.15) is 5.76 Å². The lowest BCUT2D eigenvalue weighted by atomic mass is 9.94. The summed E-state index contributed by atoms with van der Waals surface area (Å²) in [6.07, 6.45) is 1.75. The Morgan fingerprint density at radius 3 is 2.39 bits per heavy atom. The van der Waals surface area contributed by atoms with Gasteiger partial charge in [-0.15, -0.1) is 0 Å². The predicted octanol–water partition coefficient (Wildman–Crippen LogP) is 4.28. The standard InChI is InChI=1S/C15H18BrNO/c1-9-8-14(16)10(2)7-13(9)15(17-4)12-5-6-18-11(12)3/h5-8,15,17H,1-4H3. The van der Waals surface area contributed by atoms with Crippen LogP contribution >= 0.6 is 15.9 Å². The van der Waals surface area contributed by atoms with Gasteiger partial charge in [-0.05, 0) is 56.6 Å². The topological polar surface area (TPSA) is 25.2 Å². The molecule has 3 heteroatoms. The minimum absolute atomic E-state index is 0.176. The summed E-state index contributed by atoms with van der Waals surface area (Å²) in [4.78, 5) is 0. The van der Waals surface area contributed by atoms with Gasteiger partial charge in [-0.2, -0.15) is 0 Å². The van der Waals surface area contributed by atoms with Crippen molar-refractivity contribution in [2.45, 2.75) is 26.8 Å². The van der Waals surface area contributed by atoms with Crippen LogP contribution in [-0.2, 0) is 0 Å². The second-order valence-corrected chi connectivity index (χ2v) is 5.47. The fraction of sp³-hybridized carbons (Fsp3) is 0.333. The zero-order chi connectivity index (χ0) is 13.3. The quantitative estimate of drug-likeness (QED) is 0.915. The Kier molecular flexibility index (Phi) is 3.93. The van der Waals surface area contributed by atoms with Gasteiger partial charge < -0.3 is 9.73 Å². The van der Waals surface area contributed by atoms with E-state index in [0.717, 1.165) is 10.2 Å². The highest BCUT2D eigenvalue weighted by molar-refractivity contribution is 9.10. The molecule has 1 aromatic carbocycles. The highest BCUT2D eigenvalue weighted by atomic mass is 79.9. The Balaban J connectivity index is 2.52. The van der Waals surface area contributed by atoms with Crippen molar-refractivity contribution in [3.8, 4) is 0 Å². The van der Waals surface area contributed by atoms with Gasteiger partial charge in [0, 0.05) is 10.0 Å². The molecule has 1 atom stereocenters. The molecule has 1 unspecified atom stereocenters. The first kappa shape index (κ1) is 13.4. The van der Waals surface area contributed by atoms with Gasteiger partial charge in [-0.1, -0.05) is 22.0 Å². The Morgan fingerprint density at radius 1 is 1.11 bits per heavy atom. The fourth-order valence-electron chi connectivity index (χ4n) is 2.29. The molecule has 0 saturated heterocycles. The lowest BCUT2D eigenvalue weighted by molar-refractivity contribution is 0.523. The van der Waals surface area contributed by atoms with E-state index >= 15 is 0 Å². The SMILES string of the molecule is CNC(c1cc(C)c(Br)cc1C)c1ccoc1C. The Bertz CT molecular complexity index is 560. The molecule has 0 aliphatic heterocycles. The molecule has 0 bridgehead atoms. The molecule has 2 rings (SSSR count). The first-order valence-corrected chi connectivity index (χ1v) is 6.81. The maximum Gasteiger partial charge on any atom is 0.105 e. The number of furan rings is 1. The zero-order valence-electron chi connectivity index (χ0n) is 11.2. The summed E-state index contributed by atoms with van der Waals surface area (Å²) in [7, 11) is 1.98. The van der Waals surface area contributed by atoms with Crippen molar-refractivity contribution >= 4 is 15.9 Å². The number of halogens is 1. The molecule has 1 N–H and O–H groups in total. The molecule has 96 valence electrons. The van der Waals surface area contributed by atoms with Crippen molar-refractivity contribution in [2.75, 3.05) is 7.05 Å². The van der Waals surface area contributed by atoms with E-state index in [1.165, 1.54) is 22.3 Å². The molecule has 0 spiro atoms. The number of aryl methyl sites for hydroxylation is 3. The zero-order valence-corrected chi connectivity index (χ0v) is 12.8. The molecule has 1 heterocycles. The van der Waals surface area contributed by atoms with Crippen molar-refractivity contribution in [1.29, 1.82) is 0 Å². The first-order valence-electron chi connectivity index (χ1n) is 6.02. The lowest BCUT2D eigenvalue weighted by Crippen LogP contribution is -2.19. The van der Waals surface area contributed by atoms with E-state index in [0.29, 0.717) is 0 Å². The van der Waals surface area contributed by atoms with Gasteiger partial charge in [0.15, 0.2) is 0 Å². The van der Waals surface area contributed by atoms with Crippen molar-refractivity contribution < 1.29 is 4.42 Å². The van der Waals surface area contributed by atoms with Crippen LogP contribution in [0.2, 0.25) is 0 Å². The van der Waals surface area contributed by atoms with E-state index in [-0.39, 0.29) is 6.04 Å². The molecule has 0 amide bonds. The maximum atomic E-state index is 5.41. The lowest BCUT2D eigenvalue weighted by Gasteiger charge is -2.19. The normalized spacial score (nSPS) is 12.7. The van der Waals surface area contributed by atoms with E-state index in [2.05, 4.69) is 47.2 Å². The number of hydrogen-bond donors (Lipinski definition) is 1. The largest absolute Gasteiger partial charge is 0.469 e. The van der Waals surface area contributed by atoms with Crippen molar-refractivity contribution in [3.63, 3.8) is 0 Å². The summed E-state index contributed by atoms with van der Waals surface area (Å²) in [6, 6.07) is 6.61. The Morgan fingerprint density at radius 2 is 1.83 bits per heavy atom.